The number of rotatable bonds is 4. The highest BCUT2D eigenvalue weighted by Crippen LogP contribution is 2.30. The highest BCUT2D eigenvalue weighted by Gasteiger charge is 2.34. The van der Waals surface area contributed by atoms with E-state index < -0.39 is 0 Å². The van der Waals surface area contributed by atoms with Crippen molar-refractivity contribution in [2.75, 3.05) is 25.2 Å². The van der Waals surface area contributed by atoms with Gasteiger partial charge in [-0.05, 0) is 44.1 Å². The number of methoxy groups -OCH3 is 1. The highest BCUT2D eigenvalue weighted by atomic mass is 32.2. The van der Waals surface area contributed by atoms with Crippen LogP contribution >= 0.6 is 11.8 Å². The minimum Gasteiger partial charge on any atom is -0.376 e. The molecule has 1 saturated heterocycles. The van der Waals surface area contributed by atoms with Gasteiger partial charge in [-0.2, -0.15) is 11.8 Å². The summed E-state index contributed by atoms with van der Waals surface area (Å²) < 4.78 is 5.63. The van der Waals surface area contributed by atoms with E-state index in [9.17, 15) is 4.79 Å². The average molecular weight is 293 g/mol. The number of hydrogen-bond acceptors (Lipinski definition) is 3. The minimum absolute atomic E-state index is 0.00771. The summed E-state index contributed by atoms with van der Waals surface area (Å²) in [6, 6.07) is 4.11. The number of thioether (sulfide) groups is 1. The molecule has 1 amide bonds. The summed E-state index contributed by atoms with van der Waals surface area (Å²) in [7, 11) is 1.74. The van der Waals surface area contributed by atoms with E-state index in [0.717, 1.165) is 34.6 Å². The van der Waals surface area contributed by atoms with E-state index in [1.165, 1.54) is 5.56 Å². The number of benzene rings is 1. The summed E-state index contributed by atoms with van der Waals surface area (Å²) in [5.74, 6) is 2.07. The van der Waals surface area contributed by atoms with E-state index >= 15 is 0 Å². The maximum absolute atomic E-state index is 12.4. The van der Waals surface area contributed by atoms with Gasteiger partial charge < -0.3 is 10.1 Å². The summed E-state index contributed by atoms with van der Waals surface area (Å²) >= 11 is 1.89. The molecule has 1 aliphatic rings. The van der Waals surface area contributed by atoms with Crippen LogP contribution in [0.1, 0.15) is 33.5 Å². The normalized spacial score (nSPS) is 22.0. The molecule has 2 rings (SSSR count). The van der Waals surface area contributed by atoms with Gasteiger partial charge in [0.1, 0.15) is 0 Å². The van der Waals surface area contributed by atoms with Crippen molar-refractivity contribution in [1.82, 2.24) is 5.32 Å². The van der Waals surface area contributed by atoms with Crippen molar-refractivity contribution in [3.63, 3.8) is 0 Å². The molecule has 4 heteroatoms. The fourth-order valence-corrected chi connectivity index (χ4v) is 4.23. The van der Waals surface area contributed by atoms with E-state index in [2.05, 4.69) is 24.4 Å². The second-order valence-corrected chi connectivity index (χ2v) is 6.75. The van der Waals surface area contributed by atoms with Gasteiger partial charge in [0.15, 0.2) is 0 Å². The number of ether oxygens (including phenoxy) is 1. The molecule has 1 aromatic carbocycles. The zero-order valence-corrected chi connectivity index (χ0v) is 13.5. The topological polar surface area (TPSA) is 38.3 Å². The summed E-state index contributed by atoms with van der Waals surface area (Å²) in [4.78, 5) is 12.4. The third-order valence-electron chi connectivity index (χ3n) is 3.98. The molecule has 0 aromatic heterocycles. The number of carbonyl (C=O) groups excluding carboxylic acids is 1. The van der Waals surface area contributed by atoms with Crippen molar-refractivity contribution in [2.24, 2.45) is 0 Å². The first kappa shape index (κ1) is 15.4. The summed E-state index contributed by atoms with van der Waals surface area (Å²) in [5, 5.41) is 3.06. The first-order valence-corrected chi connectivity index (χ1v) is 8.12. The number of carbonyl (C=O) groups is 1. The van der Waals surface area contributed by atoms with Gasteiger partial charge >= 0.3 is 0 Å². The molecule has 1 heterocycles. The zero-order valence-electron chi connectivity index (χ0n) is 12.7. The van der Waals surface area contributed by atoms with Gasteiger partial charge in [0.05, 0.1) is 5.60 Å². The SMILES string of the molecule is CO[C@@]1(CNC(=O)c2c(C)cc(C)cc2C)CCSC1. The van der Waals surface area contributed by atoms with Crippen LogP contribution < -0.4 is 5.32 Å². The zero-order chi connectivity index (χ0) is 14.8. The Morgan fingerprint density at radius 2 is 2.00 bits per heavy atom. The predicted molar refractivity (Wildman–Crippen MR) is 84.7 cm³/mol. The Bertz CT molecular complexity index is 484. The molecule has 0 unspecified atom stereocenters. The van der Waals surface area contributed by atoms with E-state index in [1.807, 2.05) is 25.6 Å². The minimum atomic E-state index is -0.188. The molecule has 1 atom stereocenters. The van der Waals surface area contributed by atoms with Crippen molar-refractivity contribution >= 4 is 17.7 Å². The summed E-state index contributed by atoms with van der Waals surface area (Å²) in [6.07, 6.45) is 1.00. The monoisotopic (exact) mass is 293 g/mol. The van der Waals surface area contributed by atoms with Crippen molar-refractivity contribution in [1.29, 1.82) is 0 Å². The van der Waals surface area contributed by atoms with E-state index in [1.54, 1.807) is 7.11 Å². The number of amides is 1. The molecule has 1 N–H and O–H groups in total. The standard InChI is InChI=1S/C16H23NO2S/c1-11-7-12(2)14(13(3)8-11)15(18)17-9-16(19-4)5-6-20-10-16/h7-8H,5-6,9-10H2,1-4H3,(H,17,18)/t16-/m1/s1. The van der Waals surface area contributed by atoms with Crippen molar-refractivity contribution in [3.05, 3.63) is 34.4 Å². The summed E-state index contributed by atoms with van der Waals surface area (Å²) in [5.41, 5.74) is 3.87. The second kappa shape index (κ2) is 6.19. The van der Waals surface area contributed by atoms with Crippen LogP contribution in [0.25, 0.3) is 0 Å². The molecule has 0 saturated carbocycles. The van der Waals surface area contributed by atoms with Gasteiger partial charge in [-0.1, -0.05) is 17.7 Å². The Balaban J connectivity index is 2.09. The second-order valence-electron chi connectivity index (χ2n) is 5.65. The molecule has 1 fully saturated rings. The molecule has 0 radical (unpaired) electrons. The fraction of sp³-hybridized carbons (Fsp3) is 0.562. The van der Waals surface area contributed by atoms with E-state index in [4.69, 9.17) is 4.74 Å². The van der Waals surface area contributed by atoms with Gasteiger partial charge in [0.25, 0.3) is 5.91 Å². The molecular formula is C16H23NO2S. The maximum atomic E-state index is 12.4. The maximum Gasteiger partial charge on any atom is 0.251 e. The number of aryl methyl sites for hydroxylation is 3. The molecule has 0 spiro atoms. The van der Waals surface area contributed by atoms with Gasteiger partial charge in [-0.15, -0.1) is 0 Å². The third-order valence-corrected chi connectivity index (χ3v) is 5.20. The molecule has 3 nitrogen and oxygen atoms in total. The van der Waals surface area contributed by atoms with E-state index in [-0.39, 0.29) is 11.5 Å². The molecule has 1 aromatic rings. The lowest BCUT2D eigenvalue weighted by atomic mass is 9.98. The Kier molecular flexibility index (Phi) is 4.76. The Labute approximate surface area is 125 Å². The lowest BCUT2D eigenvalue weighted by molar-refractivity contribution is 0.0137. The highest BCUT2D eigenvalue weighted by molar-refractivity contribution is 7.99. The van der Waals surface area contributed by atoms with Crippen LogP contribution in [0.2, 0.25) is 0 Å². The number of nitrogens with one attached hydrogen (secondary N) is 1. The van der Waals surface area contributed by atoms with Gasteiger partial charge in [0, 0.05) is 25.0 Å². The first-order chi connectivity index (χ1) is 9.47. The lowest BCUT2D eigenvalue weighted by Crippen LogP contribution is -2.44. The molecule has 20 heavy (non-hydrogen) atoms. The molecule has 110 valence electrons. The van der Waals surface area contributed by atoms with E-state index in [0.29, 0.717) is 6.54 Å². The number of hydrogen-bond donors (Lipinski definition) is 1. The predicted octanol–water partition coefficient (Wildman–Crippen LogP) is 2.86. The van der Waals surface area contributed by atoms with Crippen molar-refractivity contribution < 1.29 is 9.53 Å². The lowest BCUT2D eigenvalue weighted by Gasteiger charge is -2.27. The van der Waals surface area contributed by atoms with Crippen LogP contribution in [0.5, 0.6) is 0 Å². The van der Waals surface area contributed by atoms with Crippen LogP contribution in [0.4, 0.5) is 0 Å². The largest absolute Gasteiger partial charge is 0.376 e. The molecule has 0 bridgehead atoms. The Morgan fingerprint density at radius 3 is 2.50 bits per heavy atom. The van der Waals surface area contributed by atoms with Crippen molar-refractivity contribution in [2.45, 2.75) is 32.8 Å². The average Bonchev–Trinajstić information content (AvgIpc) is 2.84. The van der Waals surface area contributed by atoms with Gasteiger partial charge in [-0.25, -0.2) is 0 Å². The smallest absolute Gasteiger partial charge is 0.251 e. The molecule has 1 aliphatic heterocycles. The van der Waals surface area contributed by atoms with Crippen LogP contribution in [0, 0.1) is 20.8 Å². The van der Waals surface area contributed by atoms with Crippen LogP contribution in [-0.4, -0.2) is 36.7 Å². The fourth-order valence-electron chi connectivity index (χ4n) is 2.83. The summed E-state index contributed by atoms with van der Waals surface area (Å²) in [6.45, 7) is 6.62. The van der Waals surface area contributed by atoms with Gasteiger partial charge in [-0.3, -0.25) is 4.79 Å². The van der Waals surface area contributed by atoms with Crippen LogP contribution in [0.15, 0.2) is 12.1 Å². The Hall–Kier alpha value is -1.00. The van der Waals surface area contributed by atoms with Crippen LogP contribution in [0.3, 0.4) is 0 Å². The Morgan fingerprint density at radius 1 is 1.35 bits per heavy atom. The molecular weight excluding hydrogens is 270 g/mol. The molecule has 0 aliphatic carbocycles. The van der Waals surface area contributed by atoms with Crippen molar-refractivity contribution in [3.8, 4) is 0 Å². The third kappa shape index (κ3) is 3.18. The van der Waals surface area contributed by atoms with Crippen LogP contribution in [-0.2, 0) is 4.74 Å². The quantitative estimate of drug-likeness (QED) is 0.927. The first-order valence-electron chi connectivity index (χ1n) is 6.96. The van der Waals surface area contributed by atoms with Gasteiger partial charge in [0.2, 0.25) is 0 Å².